The van der Waals surface area contributed by atoms with Gasteiger partial charge in [0.2, 0.25) is 5.91 Å². The van der Waals surface area contributed by atoms with Crippen LogP contribution in [0.15, 0.2) is 0 Å². The molecular weight excluding hydrogens is 250 g/mol. The van der Waals surface area contributed by atoms with Gasteiger partial charge in [-0.1, -0.05) is 20.8 Å². The highest BCUT2D eigenvalue weighted by atomic mass is 32.2. The summed E-state index contributed by atoms with van der Waals surface area (Å²) < 4.78 is 23.5. The van der Waals surface area contributed by atoms with E-state index in [1.165, 1.54) is 0 Å². The lowest BCUT2D eigenvalue weighted by Gasteiger charge is -2.33. The molecule has 0 radical (unpaired) electrons. The van der Waals surface area contributed by atoms with E-state index in [1.54, 1.807) is 6.92 Å². The number of carbonyl (C=O) groups is 1. The quantitative estimate of drug-likeness (QED) is 0.769. The molecule has 0 saturated carbocycles. The number of carbonyl (C=O) groups excluding carboxylic acids is 1. The van der Waals surface area contributed by atoms with Crippen LogP contribution in [0.4, 0.5) is 0 Å². The predicted molar refractivity (Wildman–Crippen MR) is 73.1 cm³/mol. The first-order valence-electron chi connectivity index (χ1n) is 6.96. The first-order valence-corrected chi connectivity index (χ1v) is 8.68. The lowest BCUT2D eigenvalue weighted by Crippen LogP contribution is -2.45. The number of piperidine rings is 1. The van der Waals surface area contributed by atoms with Gasteiger partial charge < -0.3 is 4.90 Å². The maximum Gasteiger partial charge on any atom is 0.225 e. The predicted octanol–water partition coefficient (Wildman–Crippen LogP) is 1.85. The molecule has 0 spiro atoms. The maximum atomic E-state index is 12.2. The van der Waals surface area contributed by atoms with E-state index in [4.69, 9.17) is 0 Å². The molecule has 0 aliphatic carbocycles. The number of hydrogen-bond acceptors (Lipinski definition) is 3. The average Bonchev–Trinajstić information content (AvgIpc) is 2.40. The van der Waals surface area contributed by atoms with Crippen molar-refractivity contribution in [3.05, 3.63) is 0 Å². The molecular formula is C13H25NO3S. The minimum absolute atomic E-state index is 0.101. The third-order valence-electron chi connectivity index (χ3n) is 4.00. The fraction of sp³-hybridized carbons (Fsp3) is 0.923. The van der Waals surface area contributed by atoms with Gasteiger partial charge in [-0.2, -0.15) is 0 Å². The molecule has 1 rings (SSSR count). The Morgan fingerprint density at radius 2 is 1.67 bits per heavy atom. The maximum absolute atomic E-state index is 12.2. The Balaban J connectivity index is 2.57. The van der Waals surface area contributed by atoms with Crippen LogP contribution in [0.5, 0.6) is 0 Å². The minimum atomic E-state index is -2.94. The number of sulfone groups is 1. The van der Waals surface area contributed by atoms with Crippen molar-refractivity contribution < 1.29 is 13.2 Å². The summed E-state index contributed by atoms with van der Waals surface area (Å²) in [6.07, 6.45) is 2.93. The monoisotopic (exact) mass is 275 g/mol. The molecule has 4 nitrogen and oxygen atoms in total. The Morgan fingerprint density at radius 1 is 1.17 bits per heavy atom. The van der Waals surface area contributed by atoms with Gasteiger partial charge in [0.25, 0.3) is 0 Å². The van der Waals surface area contributed by atoms with Crippen molar-refractivity contribution >= 4 is 15.7 Å². The van der Waals surface area contributed by atoms with Gasteiger partial charge in [0.05, 0.1) is 5.25 Å². The van der Waals surface area contributed by atoms with Gasteiger partial charge in [0, 0.05) is 24.8 Å². The Morgan fingerprint density at radius 3 is 2.06 bits per heavy atom. The number of hydrogen-bond donors (Lipinski definition) is 0. The standard InChI is InChI=1S/C13H25NO3S/c1-4-11(5-2)13(15)14-9-7-12(8-10-14)18(16,17)6-3/h11-12H,4-10H2,1-3H3. The van der Waals surface area contributed by atoms with Crippen molar-refractivity contribution in [1.82, 2.24) is 4.90 Å². The number of nitrogens with zero attached hydrogens (tertiary/aromatic N) is 1. The van der Waals surface area contributed by atoms with Gasteiger partial charge >= 0.3 is 0 Å². The summed E-state index contributed by atoms with van der Waals surface area (Å²) >= 11 is 0. The largest absolute Gasteiger partial charge is 0.342 e. The molecule has 0 N–H and O–H groups in total. The van der Waals surface area contributed by atoms with Crippen LogP contribution >= 0.6 is 0 Å². The Bertz CT molecular complexity index is 366. The summed E-state index contributed by atoms with van der Waals surface area (Å²) in [5.74, 6) is 0.509. The third kappa shape index (κ3) is 3.46. The summed E-state index contributed by atoms with van der Waals surface area (Å²) in [5, 5.41) is -0.242. The molecule has 0 unspecified atom stereocenters. The van der Waals surface area contributed by atoms with E-state index in [1.807, 2.05) is 18.7 Å². The van der Waals surface area contributed by atoms with Crippen LogP contribution in [0.1, 0.15) is 46.5 Å². The number of rotatable bonds is 5. The van der Waals surface area contributed by atoms with Crippen LogP contribution in [-0.2, 0) is 14.6 Å². The molecule has 1 aliphatic heterocycles. The topological polar surface area (TPSA) is 54.5 Å². The molecule has 1 amide bonds. The highest BCUT2D eigenvalue weighted by Crippen LogP contribution is 2.21. The summed E-state index contributed by atoms with van der Waals surface area (Å²) in [4.78, 5) is 14.0. The Kier molecular flexibility index (Phi) is 5.63. The second-order valence-corrected chi connectivity index (χ2v) is 7.56. The van der Waals surface area contributed by atoms with Crippen LogP contribution < -0.4 is 0 Å². The van der Waals surface area contributed by atoms with Gasteiger partial charge in [0.1, 0.15) is 0 Å². The van der Waals surface area contributed by atoms with Gasteiger partial charge in [0.15, 0.2) is 9.84 Å². The van der Waals surface area contributed by atoms with Crippen molar-refractivity contribution in [3.8, 4) is 0 Å². The molecule has 106 valence electrons. The zero-order valence-electron chi connectivity index (χ0n) is 11.7. The summed E-state index contributed by atoms with van der Waals surface area (Å²) in [7, 11) is -2.94. The van der Waals surface area contributed by atoms with Gasteiger partial charge in [-0.15, -0.1) is 0 Å². The molecule has 0 aromatic rings. The van der Waals surface area contributed by atoms with Crippen molar-refractivity contribution in [3.63, 3.8) is 0 Å². The van der Waals surface area contributed by atoms with E-state index in [-0.39, 0.29) is 22.8 Å². The van der Waals surface area contributed by atoms with E-state index in [0.717, 1.165) is 12.8 Å². The molecule has 18 heavy (non-hydrogen) atoms. The van der Waals surface area contributed by atoms with Gasteiger partial charge in [-0.05, 0) is 25.7 Å². The SMILES string of the molecule is CCC(CC)C(=O)N1CCC(S(=O)(=O)CC)CC1. The van der Waals surface area contributed by atoms with Crippen molar-refractivity contribution in [1.29, 1.82) is 0 Å². The molecule has 0 bridgehead atoms. The molecule has 5 heteroatoms. The lowest BCUT2D eigenvalue weighted by molar-refractivity contribution is -0.136. The van der Waals surface area contributed by atoms with Crippen molar-refractivity contribution in [2.45, 2.75) is 51.7 Å². The number of amides is 1. The van der Waals surface area contributed by atoms with E-state index >= 15 is 0 Å². The van der Waals surface area contributed by atoms with E-state index in [9.17, 15) is 13.2 Å². The van der Waals surface area contributed by atoms with Crippen molar-refractivity contribution in [2.24, 2.45) is 5.92 Å². The second kappa shape index (κ2) is 6.55. The molecule has 1 fully saturated rings. The van der Waals surface area contributed by atoms with Crippen LogP contribution in [0.2, 0.25) is 0 Å². The van der Waals surface area contributed by atoms with Crippen molar-refractivity contribution in [2.75, 3.05) is 18.8 Å². The minimum Gasteiger partial charge on any atom is -0.342 e. The molecule has 1 saturated heterocycles. The highest BCUT2D eigenvalue weighted by Gasteiger charge is 2.31. The lowest BCUT2D eigenvalue weighted by atomic mass is 10.00. The zero-order valence-corrected chi connectivity index (χ0v) is 12.5. The Hall–Kier alpha value is -0.580. The van der Waals surface area contributed by atoms with E-state index in [2.05, 4.69) is 0 Å². The molecule has 0 aromatic heterocycles. The smallest absolute Gasteiger partial charge is 0.225 e. The Labute approximate surface area is 111 Å². The second-order valence-electron chi connectivity index (χ2n) is 4.99. The summed E-state index contributed by atoms with van der Waals surface area (Å²) in [5.41, 5.74) is 0. The van der Waals surface area contributed by atoms with Crippen LogP contribution in [0, 0.1) is 5.92 Å². The van der Waals surface area contributed by atoms with Gasteiger partial charge in [-0.25, -0.2) is 8.42 Å². The highest BCUT2D eigenvalue weighted by molar-refractivity contribution is 7.92. The van der Waals surface area contributed by atoms with Crippen LogP contribution in [-0.4, -0.2) is 43.3 Å². The van der Waals surface area contributed by atoms with Gasteiger partial charge in [-0.3, -0.25) is 4.79 Å². The fourth-order valence-corrected chi connectivity index (χ4v) is 3.97. The first-order chi connectivity index (χ1) is 8.46. The molecule has 0 atom stereocenters. The normalized spacial score (nSPS) is 18.3. The zero-order chi connectivity index (χ0) is 13.8. The fourth-order valence-electron chi connectivity index (χ4n) is 2.57. The van der Waals surface area contributed by atoms with E-state index < -0.39 is 9.84 Å². The first kappa shape index (κ1) is 15.5. The molecule has 1 heterocycles. The summed E-state index contributed by atoms with van der Waals surface area (Å²) in [6.45, 7) is 6.94. The summed E-state index contributed by atoms with van der Waals surface area (Å²) in [6, 6.07) is 0. The average molecular weight is 275 g/mol. The van der Waals surface area contributed by atoms with Crippen LogP contribution in [0.3, 0.4) is 0 Å². The van der Waals surface area contributed by atoms with E-state index in [0.29, 0.717) is 25.9 Å². The third-order valence-corrected chi connectivity index (χ3v) is 6.29. The molecule has 0 aromatic carbocycles. The number of likely N-dealkylation sites (tertiary alicyclic amines) is 1. The molecule has 1 aliphatic rings. The van der Waals surface area contributed by atoms with Crippen LogP contribution in [0.25, 0.3) is 0 Å².